The number of carbonyl (C=O) groups is 1. The van der Waals surface area contributed by atoms with E-state index in [1.807, 2.05) is 24.3 Å². The Balaban J connectivity index is 2.32. The SMILES string of the molecule is CC(C)C(CC(C)(C)C)C(=O)Nc1cc(O)cc2ccccc12. The summed E-state index contributed by atoms with van der Waals surface area (Å²) < 4.78 is 0. The van der Waals surface area contributed by atoms with Crippen molar-refractivity contribution in [1.82, 2.24) is 0 Å². The molecule has 0 aromatic heterocycles. The van der Waals surface area contributed by atoms with Crippen molar-refractivity contribution in [2.45, 2.75) is 41.0 Å². The van der Waals surface area contributed by atoms with E-state index in [0.717, 1.165) is 17.2 Å². The van der Waals surface area contributed by atoms with Gasteiger partial charge < -0.3 is 10.4 Å². The highest BCUT2D eigenvalue weighted by Crippen LogP contribution is 2.32. The van der Waals surface area contributed by atoms with Gasteiger partial charge >= 0.3 is 0 Å². The summed E-state index contributed by atoms with van der Waals surface area (Å²) in [7, 11) is 0. The van der Waals surface area contributed by atoms with Crippen molar-refractivity contribution in [1.29, 1.82) is 0 Å². The highest BCUT2D eigenvalue weighted by molar-refractivity contribution is 6.03. The van der Waals surface area contributed by atoms with Crippen LogP contribution in [0.15, 0.2) is 36.4 Å². The Morgan fingerprint density at radius 2 is 1.83 bits per heavy atom. The summed E-state index contributed by atoms with van der Waals surface area (Å²) >= 11 is 0. The molecule has 2 aromatic carbocycles. The molecule has 124 valence electrons. The smallest absolute Gasteiger partial charge is 0.227 e. The topological polar surface area (TPSA) is 49.3 Å². The molecule has 2 rings (SSSR count). The maximum atomic E-state index is 12.8. The minimum Gasteiger partial charge on any atom is -0.508 e. The van der Waals surface area contributed by atoms with Crippen molar-refractivity contribution in [2.75, 3.05) is 5.32 Å². The molecule has 0 fully saturated rings. The van der Waals surface area contributed by atoms with Gasteiger partial charge in [0.05, 0.1) is 5.69 Å². The minimum atomic E-state index is -0.0592. The van der Waals surface area contributed by atoms with Crippen molar-refractivity contribution in [3.05, 3.63) is 36.4 Å². The van der Waals surface area contributed by atoms with Crippen LogP contribution >= 0.6 is 0 Å². The maximum Gasteiger partial charge on any atom is 0.227 e. The number of anilines is 1. The quantitative estimate of drug-likeness (QED) is 0.816. The van der Waals surface area contributed by atoms with Crippen LogP contribution in [0.3, 0.4) is 0 Å². The summed E-state index contributed by atoms with van der Waals surface area (Å²) in [5.74, 6) is 0.385. The van der Waals surface area contributed by atoms with Crippen molar-refractivity contribution >= 4 is 22.4 Å². The number of aromatic hydroxyl groups is 1. The Labute approximate surface area is 138 Å². The van der Waals surface area contributed by atoms with Gasteiger partial charge in [-0.2, -0.15) is 0 Å². The molecule has 0 saturated carbocycles. The van der Waals surface area contributed by atoms with E-state index in [4.69, 9.17) is 0 Å². The fraction of sp³-hybridized carbons (Fsp3) is 0.450. The molecule has 0 radical (unpaired) electrons. The molecule has 1 unspecified atom stereocenters. The van der Waals surface area contributed by atoms with Crippen LogP contribution < -0.4 is 5.32 Å². The first-order chi connectivity index (χ1) is 10.7. The summed E-state index contributed by atoms with van der Waals surface area (Å²) in [6.07, 6.45) is 0.827. The predicted octanol–water partition coefficient (Wildman–Crippen LogP) is 5.19. The normalized spacial score (nSPS) is 13.3. The van der Waals surface area contributed by atoms with Gasteiger partial charge in [-0.05, 0) is 29.2 Å². The molecule has 0 aliphatic rings. The van der Waals surface area contributed by atoms with E-state index < -0.39 is 0 Å². The second kappa shape index (κ2) is 6.61. The monoisotopic (exact) mass is 313 g/mol. The summed E-state index contributed by atoms with van der Waals surface area (Å²) in [6, 6.07) is 11.1. The average Bonchev–Trinajstić information content (AvgIpc) is 2.43. The zero-order valence-corrected chi connectivity index (χ0v) is 14.7. The molecule has 0 heterocycles. The van der Waals surface area contributed by atoms with Crippen LogP contribution in [0.2, 0.25) is 0 Å². The third-order valence-electron chi connectivity index (χ3n) is 4.08. The number of fused-ring (bicyclic) bond motifs is 1. The van der Waals surface area contributed by atoms with Gasteiger partial charge in [0.1, 0.15) is 5.75 Å². The first-order valence-electron chi connectivity index (χ1n) is 8.20. The van der Waals surface area contributed by atoms with Gasteiger partial charge in [0, 0.05) is 17.4 Å². The van der Waals surface area contributed by atoms with Crippen molar-refractivity contribution < 1.29 is 9.90 Å². The standard InChI is InChI=1S/C20H27NO2/c1-13(2)17(12-20(3,4)5)19(23)21-18-11-15(22)10-14-8-6-7-9-16(14)18/h6-11,13,17,22H,12H2,1-5H3,(H,21,23). The van der Waals surface area contributed by atoms with Crippen molar-refractivity contribution in [3.8, 4) is 5.75 Å². The lowest BCUT2D eigenvalue weighted by Crippen LogP contribution is -2.30. The first-order valence-corrected chi connectivity index (χ1v) is 8.20. The Hall–Kier alpha value is -2.03. The Kier molecular flexibility index (Phi) is 4.98. The molecule has 0 aliphatic heterocycles. The van der Waals surface area contributed by atoms with E-state index >= 15 is 0 Å². The third-order valence-corrected chi connectivity index (χ3v) is 4.08. The number of nitrogens with one attached hydrogen (secondary N) is 1. The molecule has 23 heavy (non-hydrogen) atoms. The van der Waals surface area contributed by atoms with Gasteiger partial charge in [-0.3, -0.25) is 4.79 Å². The number of hydrogen-bond donors (Lipinski definition) is 2. The largest absolute Gasteiger partial charge is 0.508 e. The minimum absolute atomic E-state index is 0.0191. The van der Waals surface area contributed by atoms with E-state index in [2.05, 4.69) is 39.9 Å². The zero-order valence-electron chi connectivity index (χ0n) is 14.7. The van der Waals surface area contributed by atoms with Crippen LogP contribution in [-0.2, 0) is 4.79 Å². The Bertz CT molecular complexity index is 698. The maximum absolute atomic E-state index is 12.8. The fourth-order valence-electron chi connectivity index (χ4n) is 2.91. The van der Waals surface area contributed by atoms with Gasteiger partial charge in [0.25, 0.3) is 0 Å². The number of benzene rings is 2. The molecule has 0 bridgehead atoms. The van der Waals surface area contributed by atoms with Crippen LogP contribution in [0, 0.1) is 17.3 Å². The number of amides is 1. The highest BCUT2D eigenvalue weighted by atomic mass is 16.3. The summed E-state index contributed by atoms with van der Waals surface area (Å²) in [5, 5.41) is 14.8. The molecule has 3 nitrogen and oxygen atoms in total. The summed E-state index contributed by atoms with van der Waals surface area (Å²) in [5.41, 5.74) is 0.762. The molecule has 0 spiro atoms. The predicted molar refractivity (Wildman–Crippen MR) is 96.6 cm³/mol. The molecule has 1 amide bonds. The van der Waals surface area contributed by atoms with E-state index in [0.29, 0.717) is 5.69 Å². The number of hydrogen-bond acceptors (Lipinski definition) is 2. The molecule has 1 atom stereocenters. The zero-order chi connectivity index (χ0) is 17.2. The van der Waals surface area contributed by atoms with Gasteiger partial charge in [-0.25, -0.2) is 0 Å². The second-order valence-corrected chi connectivity index (χ2v) is 7.82. The molecule has 2 aromatic rings. The second-order valence-electron chi connectivity index (χ2n) is 7.82. The third kappa shape index (κ3) is 4.47. The Morgan fingerprint density at radius 3 is 2.43 bits per heavy atom. The fourth-order valence-corrected chi connectivity index (χ4v) is 2.91. The van der Waals surface area contributed by atoms with E-state index in [1.165, 1.54) is 0 Å². The number of rotatable bonds is 4. The van der Waals surface area contributed by atoms with Crippen LogP contribution in [0.4, 0.5) is 5.69 Å². The van der Waals surface area contributed by atoms with Gasteiger partial charge in [0.2, 0.25) is 5.91 Å². The first kappa shape index (κ1) is 17.3. The van der Waals surface area contributed by atoms with Crippen LogP contribution in [0.5, 0.6) is 5.75 Å². The van der Waals surface area contributed by atoms with Crippen molar-refractivity contribution in [3.63, 3.8) is 0 Å². The summed E-state index contributed by atoms with van der Waals surface area (Å²) in [6.45, 7) is 10.6. The van der Waals surface area contributed by atoms with E-state index in [1.54, 1.807) is 12.1 Å². The molecule has 3 heteroatoms. The molecular formula is C20H27NO2. The summed E-state index contributed by atoms with van der Waals surface area (Å²) in [4.78, 5) is 12.8. The number of carbonyl (C=O) groups excluding carboxylic acids is 1. The van der Waals surface area contributed by atoms with Gasteiger partial charge in [-0.1, -0.05) is 58.9 Å². The average molecular weight is 313 g/mol. The lowest BCUT2D eigenvalue weighted by Gasteiger charge is -2.28. The highest BCUT2D eigenvalue weighted by Gasteiger charge is 2.28. The lowest BCUT2D eigenvalue weighted by atomic mass is 9.79. The van der Waals surface area contributed by atoms with Gasteiger partial charge in [-0.15, -0.1) is 0 Å². The Morgan fingerprint density at radius 1 is 1.17 bits per heavy atom. The molecule has 2 N–H and O–H groups in total. The number of phenols is 1. The van der Waals surface area contributed by atoms with E-state index in [-0.39, 0.29) is 28.9 Å². The van der Waals surface area contributed by atoms with Crippen LogP contribution in [-0.4, -0.2) is 11.0 Å². The molecule has 0 saturated heterocycles. The van der Waals surface area contributed by atoms with Crippen LogP contribution in [0.25, 0.3) is 10.8 Å². The number of phenolic OH excluding ortho intramolecular Hbond substituents is 1. The molecular weight excluding hydrogens is 286 g/mol. The van der Waals surface area contributed by atoms with Gasteiger partial charge in [0.15, 0.2) is 0 Å². The lowest BCUT2D eigenvalue weighted by molar-refractivity contribution is -0.122. The van der Waals surface area contributed by atoms with Crippen molar-refractivity contribution in [2.24, 2.45) is 17.3 Å². The van der Waals surface area contributed by atoms with Crippen LogP contribution in [0.1, 0.15) is 41.0 Å². The van der Waals surface area contributed by atoms with E-state index in [9.17, 15) is 9.90 Å². The molecule has 0 aliphatic carbocycles.